The van der Waals surface area contributed by atoms with Gasteiger partial charge in [0.1, 0.15) is 5.82 Å². The Balaban J connectivity index is 1.97. The van der Waals surface area contributed by atoms with E-state index in [9.17, 15) is 14.0 Å². The van der Waals surface area contributed by atoms with Gasteiger partial charge in [-0.1, -0.05) is 12.1 Å². The lowest BCUT2D eigenvalue weighted by Gasteiger charge is -2.17. The van der Waals surface area contributed by atoms with Crippen molar-refractivity contribution in [3.05, 3.63) is 63.5 Å². The smallest absolute Gasteiger partial charge is 0.255 e. The van der Waals surface area contributed by atoms with Gasteiger partial charge in [0.2, 0.25) is 5.91 Å². The molecule has 2 aromatic carbocycles. The minimum absolute atomic E-state index is 0.0822. The van der Waals surface area contributed by atoms with Gasteiger partial charge in [-0.05, 0) is 59.0 Å². The van der Waals surface area contributed by atoms with Gasteiger partial charge in [0.25, 0.3) is 5.91 Å². The van der Waals surface area contributed by atoms with Gasteiger partial charge >= 0.3 is 0 Å². The van der Waals surface area contributed by atoms with E-state index in [1.165, 1.54) is 29.2 Å². The summed E-state index contributed by atoms with van der Waals surface area (Å²) < 4.78 is 13.6. The fourth-order valence-corrected chi connectivity index (χ4v) is 2.48. The Bertz CT molecular complexity index is 689. The van der Waals surface area contributed by atoms with Crippen LogP contribution in [0.15, 0.2) is 48.5 Å². The van der Waals surface area contributed by atoms with Crippen molar-refractivity contribution in [2.75, 3.05) is 18.9 Å². The van der Waals surface area contributed by atoms with Crippen LogP contribution in [0.3, 0.4) is 0 Å². The molecular formula is C16H14FIN2O2. The van der Waals surface area contributed by atoms with Crippen LogP contribution in [0.4, 0.5) is 10.1 Å². The summed E-state index contributed by atoms with van der Waals surface area (Å²) >= 11 is 2.08. The van der Waals surface area contributed by atoms with Crippen LogP contribution in [0.1, 0.15) is 10.4 Å². The number of carbonyl (C=O) groups excluding carboxylic acids is 2. The molecule has 1 N–H and O–H groups in total. The Kier molecular flexibility index (Phi) is 5.48. The minimum Gasteiger partial charge on any atom is -0.332 e. The maximum atomic E-state index is 12.8. The third-order valence-electron chi connectivity index (χ3n) is 2.96. The van der Waals surface area contributed by atoms with E-state index in [4.69, 9.17) is 0 Å². The summed E-state index contributed by atoms with van der Waals surface area (Å²) in [7, 11) is 1.57. The van der Waals surface area contributed by atoms with E-state index in [0.29, 0.717) is 11.3 Å². The van der Waals surface area contributed by atoms with Crippen molar-refractivity contribution in [3.8, 4) is 0 Å². The van der Waals surface area contributed by atoms with Crippen LogP contribution < -0.4 is 5.32 Å². The second-order valence-electron chi connectivity index (χ2n) is 4.70. The van der Waals surface area contributed by atoms with Crippen LogP contribution in [-0.2, 0) is 4.79 Å². The Morgan fingerprint density at radius 2 is 1.77 bits per heavy atom. The van der Waals surface area contributed by atoms with Crippen LogP contribution in [0, 0.1) is 9.39 Å². The zero-order chi connectivity index (χ0) is 16.1. The average molecular weight is 412 g/mol. The molecule has 0 radical (unpaired) electrons. The molecule has 6 heteroatoms. The predicted octanol–water partition coefficient (Wildman–Crippen LogP) is 3.14. The third kappa shape index (κ3) is 4.27. The fraction of sp³-hybridized carbons (Fsp3) is 0.125. The van der Waals surface area contributed by atoms with E-state index in [2.05, 4.69) is 27.9 Å². The number of likely N-dealkylation sites (N-methyl/N-ethyl adjacent to an activating group) is 1. The highest BCUT2D eigenvalue weighted by atomic mass is 127. The number of hydrogen-bond acceptors (Lipinski definition) is 2. The van der Waals surface area contributed by atoms with Gasteiger partial charge in [-0.25, -0.2) is 4.39 Å². The molecule has 0 aromatic heterocycles. The van der Waals surface area contributed by atoms with Gasteiger partial charge < -0.3 is 10.2 Å². The van der Waals surface area contributed by atoms with Gasteiger partial charge in [0, 0.05) is 16.3 Å². The molecule has 0 unspecified atom stereocenters. The second kappa shape index (κ2) is 7.35. The molecule has 0 fully saturated rings. The minimum atomic E-state index is -0.371. The van der Waals surface area contributed by atoms with Crippen molar-refractivity contribution in [1.29, 1.82) is 0 Å². The normalized spacial score (nSPS) is 10.1. The summed E-state index contributed by atoms with van der Waals surface area (Å²) in [5, 5.41) is 2.62. The Morgan fingerprint density at radius 1 is 1.14 bits per heavy atom. The SMILES string of the molecule is CN(CC(=O)Nc1ccc(F)cc1)C(=O)c1ccccc1I. The lowest BCUT2D eigenvalue weighted by Crippen LogP contribution is -2.35. The largest absolute Gasteiger partial charge is 0.332 e. The van der Waals surface area contributed by atoms with Crippen LogP contribution in [0.2, 0.25) is 0 Å². The lowest BCUT2D eigenvalue weighted by atomic mass is 10.2. The van der Waals surface area contributed by atoms with Crippen LogP contribution in [0.5, 0.6) is 0 Å². The third-order valence-corrected chi connectivity index (χ3v) is 3.90. The first-order chi connectivity index (χ1) is 10.5. The zero-order valence-electron chi connectivity index (χ0n) is 11.8. The summed E-state index contributed by atoms with van der Waals surface area (Å²) in [4.78, 5) is 25.6. The zero-order valence-corrected chi connectivity index (χ0v) is 14.0. The quantitative estimate of drug-likeness (QED) is 0.785. The van der Waals surface area contributed by atoms with Crippen LogP contribution in [-0.4, -0.2) is 30.3 Å². The lowest BCUT2D eigenvalue weighted by molar-refractivity contribution is -0.116. The topological polar surface area (TPSA) is 49.4 Å². The standard InChI is InChI=1S/C16H14FIN2O2/c1-20(16(22)13-4-2-3-5-14(13)18)10-15(21)19-12-8-6-11(17)7-9-12/h2-9H,10H2,1H3,(H,19,21). The molecule has 0 aliphatic heterocycles. The number of benzene rings is 2. The van der Waals surface area contributed by atoms with Crippen molar-refractivity contribution >= 4 is 40.1 Å². The number of halogens is 2. The van der Waals surface area contributed by atoms with Crippen LogP contribution in [0.25, 0.3) is 0 Å². The van der Waals surface area contributed by atoms with Gasteiger partial charge in [0.15, 0.2) is 0 Å². The summed E-state index contributed by atoms with van der Waals surface area (Å²) in [5.74, 6) is -0.934. The molecule has 2 aromatic rings. The first-order valence-electron chi connectivity index (χ1n) is 6.53. The Labute approximate surface area is 141 Å². The molecule has 2 amide bonds. The Hall–Kier alpha value is -1.96. The first-order valence-corrected chi connectivity index (χ1v) is 7.60. The first kappa shape index (κ1) is 16.4. The molecule has 0 bridgehead atoms. The van der Waals surface area contributed by atoms with Crippen molar-refractivity contribution in [3.63, 3.8) is 0 Å². The van der Waals surface area contributed by atoms with E-state index >= 15 is 0 Å². The monoisotopic (exact) mass is 412 g/mol. The number of amides is 2. The molecular weight excluding hydrogens is 398 g/mol. The van der Waals surface area contributed by atoms with E-state index in [0.717, 1.165) is 3.57 Å². The van der Waals surface area contributed by atoms with E-state index in [1.807, 2.05) is 12.1 Å². The van der Waals surface area contributed by atoms with Crippen LogP contribution >= 0.6 is 22.6 Å². The number of nitrogens with one attached hydrogen (secondary N) is 1. The summed E-state index contributed by atoms with van der Waals surface area (Å²) in [6.45, 7) is -0.0822. The maximum absolute atomic E-state index is 12.8. The predicted molar refractivity (Wildman–Crippen MR) is 91.1 cm³/mol. The molecule has 22 heavy (non-hydrogen) atoms. The molecule has 0 saturated heterocycles. The van der Waals surface area contributed by atoms with Gasteiger partial charge in [-0.15, -0.1) is 0 Å². The average Bonchev–Trinajstić information content (AvgIpc) is 2.49. The van der Waals surface area contributed by atoms with E-state index in [-0.39, 0.29) is 24.2 Å². The number of carbonyl (C=O) groups is 2. The molecule has 0 atom stereocenters. The summed E-state index contributed by atoms with van der Waals surface area (Å²) in [6, 6.07) is 12.6. The molecule has 0 aliphatic rings. The molecule has 0 saturated carbocycles. The van der Waals surface area contributed by atoms with Crippen molar-refractivity contribution in [1.82, 2.24) is 4.90 Å². The highest BCUT2D eigenvalue weighted by molar-refractivity contribution is 14.1. The van der Waals surface area contributed by atoms with Crippen molar-refractivity contribution < 1.29 is 14.0 Å². The highest BCUT2D eigenvalue weighted by Crippen LogP contribution is 2.13. The molecule has 2 rings (SSSR count). The van der Waals surface area contributed by atoms with Gasteiger partial charge in [-0.3, -0.25) is 9.59 Å². The molecule has 4 nitrogen and oxygen atoms in total. The second-order valence-corrected chi connectivity index (χ2v) is 5.86. The number of nitrogens with zero attached hydrogens (tertiary/aromatic N) is 1. The Morgan fingerprint density at radius 3 is 2.41 bits per heavy atom. The molecule has 0 heterocycles. The van der Waals surface area contributed by atoms with Crippen molar-refractivity contribution in [2.24, 2.45) is 0 Å². The van der Waals surface area contributed by atoms with E-state index < -0.39 is 0 Å². The van der Waals surface area contributed by atoms with Crippen molar-refractivity contribution in [2.45, 2.75) is 0 Å². The highest BCUT2D eigenvalue weighted by Gasteiger charge is 2.17. The molecule has 0 aliphatic carbocycles. The number of rotatable bonds is 4. The summed E-state index contributed by atoms with van der Waals surface area (Å²) in [6.07, 6.45) is 0. The fourth-order valence-electron chi connectivity index (χ4n) is 1.86. The summed E-state index contributed by atoms with van der Waals surface area (Å²) in [5.41, 5.74) is 1.04. The molecule has 114 valence electrons. The number of anilines is 1. The van der Waals surface area contributed by atoms with Gasteiger partial charge in [0.05, 0.1) is 12.1 Å². The van der Waals surface area contributed by atoms with Gasteiger partial charge in [-0.2, -0.15) is 0 Å². The van der Waals surface area contributed by atoms with E-state index in [1.54, 1.807) is 19.2 Å². The maximum Gasteiger partial charge on any atom is 0.255 e. The number of hydrogen-bond donors (Lipinski definition) is 1. The molecule has 0 spiro atoms.